The van der Waals surface area contributed by atoms with Crippen LogP contribution in [0.15, 0.2) is 4.99 Å². The van der Waals surface area contributed by atoms with Crippen molar-refractivity contribution >= 4 is 17.7 Å². The van der Waals surface area contributed by atoms with E-state index in [9.17, 15) is 0 Å². The third-order valence-electron chi connectivity index (χ3n) is 2.74. The number of nitrogens with one attached hydrogen (secondary N) is 1. The number of nitrogens with two attached hydrogens (primary N) is 1. The van der Waals surface area contributed by atoms with E-state index in [0.717, 1.165) is 6.54 Å². The van der Waals surface area contributed by atoms with Crippen molar-refractivity contribution in [2.45, 2.75) is 50.3 Å². The molecule has 0 amide bonds. The highest BCUT2D eigenvalue weighted by Gasteiger charge is 2.35. The molecule has 3 N–H and O–H groups in total. The van der Waals surface area contributed by atoms with E-state index in [2.05, 4.69) is 37.3 Å². The van der Waals surface area contributed by atoms with Crippen molar-refractivity contribution in [3.05, 3.63) is 0 Å². The van der Waals surface area contributed by atoms with Crippen molar-refractivity contribution in [3.63, 3.8) is 0 Å². The molecule has 1 saturated carbocycles. The van der Waals surface area contributed by atoms with E-state index >= 15 is 0 Å². The molecule has 0 spiro atoms. The number of aliphatic imine (C=N–C) groups is 1. The topological polar surface area (TPSA) is 50.4 Å². The summed E-state index contributed by atoms with van der Waals surface area (Å²) in [6, 6.07) is 0. The Balaban J connectivity index is 2.42. The Hall–Kier alpha value is -0.380. The Bertz CT molecular complexity index is 233. The van der Waals surface area contributed by atoms with E-state index in [-0.39, 0.29) is 5.54 Å². The van der Waals surface area contributed by atoms with Gasteiger partial charge in [-0.15, -0.1) is 0 Å². The number of thioether (sulfide) groups is 1. The lowest BCUT2D eigenvalue weighted by atomic mass is 9.84. The number of hydrogen-bond acceptors (Lipinski definition) is 2. The van der Waals surface area contributed by atoms with Gasteiger partial charge in [-0.25, -0.2) is 0 Å². The molecule has 0 unspecified atom stereocenters. The van der Waals surface area contributed by atoms with Gasteiger partial charge >= 0.3 is 0 Å². The van der Waals surface area contributed by atoms with Crippen LogP contribution in [0.3, 0.4) is 0 Å². The molecule has 3 nitrogen and oxygen atoms in total. The molecule has 0 atom stereocenters. The van der Waals surface area contributed by atoms with Gasteiger partial charge in [0, 0.05) is 10.3 Å². The Morgan fingerprint density at radius 2 is 2.07 bits per heavy atom. The van der Waals surface area contributed by atoms with Gasteiger partial charge in [-0.05, 0) is 39.9 Å². The molecule has 0 heterocycles. The van der Waals surface area contributed by atoms with Gasteiger partial charge in [0.15, 0.2) is 5.96 Å². The average Bonchev–Trinajstić information content (AvgIpc) is 1.99. The minimum Gasteiger partial charge on any atom is -0.370 e. The van der Waals surface area contributed by atoms with E-state index in [1.165, 1.54) is 19.3 Å². The van der Waals surface area contributed by atoms with Crippen molar-refractivity contribution < 1.29 is 0 Å². The fraction of sp³-hybridized carbons (Fsp3) is 0.909. The number of guanidine groups is 1. The Kier molecular flexibility index (Phi) is 3.93. The lowest BCUT2D eigenvalue weighted by Crippen LogP contribution is -2.46. The lowest BCUT2D eigenvalue weighted by molar-refractivity contribution is 0.371. The molecular formula is C11H23N3S. The first-order valence-electron chi connectivity index (χ1n) is 5.50. The summed E-state index contributed by atoms with van der Waals surface area (Å²) in [5, 5.41) is 3.18. The maximum atomic E-state index is 5.83. The van der Waals surface area contributed by atoms with Crippen molar-refractivity contribution in [2.75, 3.05) is 12.8 Å². The molecule has 15 heavy (non-hydrogen) atoms. The predicted octanol–water partition coefficient (Wildman–Crippen LogP) is 1.97. The maximum absolute atomic E-state index is 5.83. The Labute approximate surface area is 97.3 Å². The van der Waals surface area contributed by atoms with E-state index in [4.69, 9.17) is 5.73 Å². The summed E-state index contributed by atoms with van der Waals surface area (Å²) < 4.78 is 0.379. The highest BCUT2D eigenvalue weighted by atomic mass is 32.2. The van der Waals surface area contributed by atoms with Crippen LogP contribution in [0.4, 0.5) is 0 Å². The highest BCUT2D eigenvalue weighted by molar-refractivity contribution is 8.00. The second kappa shape index (κ2) is 4.64. The zero-order valence-corrected chi connectivity index (χ0v) is 11.1. The average molecular weight is 229 g/mol. The summed E-state index contributed by atoms with van der Waals surface area (Å²) in [4.78, 5) is 4.44. The lowest BCUT2D eigenvalue weighted by Gasteiger charge is -2.39. The van der Waals surface area contributed by atoms with Gasteiger partial charge in [0.25, 0.3) is 0 Å². The first-order chi connectivity index (χ1) is 6.87. The van der Waals surface area contributed by atoms with Gasteiger partial charge in [-0.1, -0.05) is 6.42 Å². The third kappa shape index (κ3) is 3.93. The predicted molar refractivity (Wildman–Crippen MR) is 69.5 cm³/mol. The van der Waals surface area contributed by atoms with Gasteiger partial charge in [-0.3, -0.25) is 4.99 Å². The molecule has 0 aliphatic heterocycles. The summed E-state index contributed by atoms with van der Waals surface area (Å²) in [7, 11) is 0. The zero-order chi connectivity index (χ0) is 11.5. The monoisotopic (exact) mass is 229 g/mol. The fourth-order valence-electron chi connectivity index (χ4n) is 1.65. The maximum Gasteiger partial charge on any atom is 0.189 e. The smallest absolute Gasteiger partial charge is 0.189 e. The first-order valence-corrected chi connectivity index (χ1v) is 6.73. The van der Waals surface area contributed by atoms with E-state index in [0.29, 0.717) is 10.7 Å². The number of hydrogen-bond donors (Lipinski definition) is 2. The zero-order valence-electron chi connectivity index (χ0n) is 10.3. The van der Waals surface area contributed by atoms with Gasteiger partial charge in [0.05, 0.1) is 6.54 Å². The normalized spacial score (nSPS) is 20.9. The van der Waals surface area contributed by atoms with Crippen LogP contribution >= 0.6 is 11.8 Å². The first kappa shape index (κ1) is 12.7. The summed E-state index contributed by atoms with van der Waals surface area (Å²) in [5.74, 6) is 0.572. The van der Waals surface area contributed by atoms with Crippen LogP contribution in [0, 0.1) is 0 Å². The summed E-state index contributed by atoms with van der Waals surface area (Å²) in [6.07, 6.45) is 6.06. The molecule has 4 heteroatoms. The van der Waals surface area contributed by atoms with Crippen LogP contribution in [0.1, 0.15) is 40.0 Å². The fourth-order valence-corrected chi connectivity index (χ4v) is 2.54. The molecule has 0 aromatic carbocycles. The molecule has 0 aromatic rings. The van der Waals surface area contributed by atoms with Crippen molar-refractivity contribution in [1.82, 2.24) is 5.32 Å². The van der Waals surface area contributed by atoms with Crippen molar-refractivity contribution in [1.29, 1.82) is 0 Å². The minimum absolute atomic E-state index is 0.000280. The minimum atomic E-state index is -0.000280. The molecule has 1 aliphatic carbocycles. The van der Waals surface area contributed by atoms with Crippen LogP contribution < -0.4 is 11.1 Å². The van der Waals surface area contributed by atoms with E-state index < -0.39 is 0 Å². The highest BCUT2D eigenvalue weighted by Crippen LogP contribution is 2.42. The van der Waals surface area contributed by atoms with E-state index in [1.807, 2.05) is 11.8 Å². The number of rotatable bonds is 3. The Morgan fingerprint density at radius 1 is 1.47 bits per heavy atom. The SMILES string of the molecule is CSC1(CN=C(N)NC(C)(C)C)CCC1. The largest absolute Gasteiger partial charge is 0.370 e. The molecule has 1 aliphatic rings. The molecule has 0 aromatic heterocycles. The van der Waals surface area contributed by atoms with Crippen LogP contribution in [0.5, 0.6) is 0 Å². The van der Waals surface area contributed by atoms with Gasteiger partial charge in [0.1, 0.15) is 0 Å². The molecule has 0 saturated heterocycles. The van der Waals surface area contributed by atoms with Crippen LogP contribution in [0.25, 0.3) is 0 Å². The van der Waals surface area contributed by atoms with Crippen molar-refractivity contribution in [3.8, 4) is 0 Å². The van der Waals surface area contributed by atoms with Gasteiger partial charge < -0.3 is 11.1 Å². The second-order valence-corrected chi connectivity index (χ2v) is 6.59. The molecule has 1 rings (SSSR count). The third-order valence-corrected chi connectivity index (χ3v) is 4.14. The van der Waals surface area contributed by atoms with E-state index in [1.54, 1.807) is 0 Å². The standard InChI is InChI=1S/C11H23N3S/c1-10(2,3)14-9(12)13-8-11(15-4)6-5-7-11/h5-8H2,1-4H3,(H3,12,13,14). The summed E-state index contributed by atoms with van der Waals surface area (Å²) in [5.41, 5.74) is 5.83. The van der Waals surface area contributed by atoms with Crippen molar-refractivity contribution in [2.24, 2.45) is 10.7 Å². The van der Waals surface area contributed by atoms with Gasteiger partial charge in [0.2, 0.25) is 0 Å². The van der Waals surface area contributed by atoms with Crippen LogP contribution in [-0.2, 0) is 0 Å². The van der Waals surface area contributed by atoms with Crippen LogP contribution in [0.2, 0.25) is 0 Å². The van der Waals surface area contributed by atoms with Crippen LogP contribution in [-0.4, -0.2) is 29.0 Å². The summed E-state index contributed by atoms with van der Waals surface area (Å²) in [6.45, 7) is 7.11. The summed E-state index contributed by atoms with van der Waals surface area (Å²) >= 11 is 1.93. The van der Waals surface area contributed by atoms with Gasteiger partial charge in [-0.2, -0.15) is 11.8 Å². The quantitative estimate of drug-likeness (QED) is 0.575. The Morgan fingerprint density at radius 3 is 2.40 bits per heavy atom. The molecule has 0 radical (unpaired) electrons. The molecule has 1 fully saturated rings. The second-order valence-electron chi connectivity index (χ2n) is 5.32. The molecule has 0 bridgehead atoms. The molecule has 88 valence electrons. The molecular weight excluding hydrogens is 206 g/mol. The number of nitrogens with zero attached hydrogens (tertiary/aromatic N) is 1.